The van der Waals surface area contributed by atoms with Crippen LogP contribution >= 0.6 is 0 Å². The number of carbonyl (C=O) groups is 2. The van der Waals surface area contributed by atoms with E-state index in [0.717, 1.165) is 11.3 Å². The van der Waals surface area contributed by atoms with Crippen LogP contribution in [0.1, 0.15) is 37.9 Å². The van der Waals surface area contributed by atoms with Crippen LogP contribution in [0.5, 0.6) is 5.75 Å². The van der Waals surface area contributed by atoms with Gasteiger partial charge in [0.2, 0.25) is 0 Å². The molecule has 0 spiro atoms. The molecule has 1 amide bonds. The van der Waals surface area contributed by atoms with Gasteiger partial charge in [0, 0.05) is 18.4 Å². The third kappa shape index (κ3) is 5.10. The Labute approximate surface area is 179 Å². The zero-order chi connectivity index (χ0) is 22.4. The number of methoxy groups -OCH3 is 2. The van der Waals surface area contributed by atoms with Crippen molar-refractivity contribution in [2.24, 2.45) is 0 Å². The Morgan fingerprint density at radius 1 is 1.10 bits per heavy atom. The lowest BCUT2D eigenvalue weighted by molar-refractivity contribution is 0.0387. The molecule has 0 saturated heterocycles. The minimum absolute atomic E-state index is 0.142. The van der Waals surface area contributed by atoms with Crippen LogP contribution in [0, 0.1) is 13.8 Å². The monoisotopic (exact) mass is 427 g/mol. The Bertz CT molecular complexity index is 1050. The zero-order valence-electron chi connectivity index (χ0n) is 17.9. The number of rotatable bonds is 9. The molecular weight excluding hydrogens is 402 g/mol. The fraction of sp³-hybridized carbons (Fsp3) is 0.333. The minimum atomic E-state index is -0.498. The molecule has 0 aliphatic carbocycles. The molecule has 0 radical (unpaired) electrons. The van der Waals surface area contributed by atoms with E-state index in [1.807, 2.05) is 24.3 Å². The second kappa shape index (κ2) is 9.90. The van der Waals surface area contributed by atoms with Crippen LogP contribution in [0.25, 0.3) is 11.4 Å². The molecule has 0 unspecified atom stereocenters. The highest BCUT2D eigenvalue weighted by Crippen LogP contribution is 2.20. The van der Waals surface area contributed by atoms with Crippen LogP contribution in [-0.4, -0.2) is 59.5 Å². The second-order valence-corrected chi connectivity index (χ2v) is 6.77. The molecule has 0 bridgehead atoms. The molecule has 0 aliphatic rings. The standard InChI is InChI=1S/C21H25N5O5/c1-12-17(21(28)31-10-9-29-3)13(2)23-18(12)20(27)22-11-16-24-19(26-25-16)14-5-7-15(30-4)8-6-14/h5-8,23H,9-11H2,1-4H3,(H,22,27)(H,24,25,26). The summed E-state index contributed by atoms with van der Waals surface area (Å²) >= 11 is 0. The average molecular weight is 427 g/mol. The van der Waals surface area contributed by atoms with Gasteiger partial charge >= 0.3 is 5.97 Å². The van der Waals surface area contributed by atoms with Gasteiger partial charge < -0.3 is 24.5 Å². The van der Waals surface area contributed by atoms with Crippen LogP contribution in [0.4, 0.5) is 0 Å². The molecule has 3 rings (SSSR count). The van der Waals surface area contributed by atoms with Crippen molar-refractivity contribution in [1.82, 2.24) is 25.5 Å². The summed E-state index contributed by atoms with van der Waals surface area (Å²) in [5.74, 6) is 0.894. The smallest absolute Gasteiger partial charge is 0.340 e. The van der Waals surface area contributed by atoms with Gasteiger partial charge in [-0.3, -0.25) is 9.89 Å². The fourth-order valence-corrected chi connectivity index (χ4v) is 3.07. The van der Waals surface area contributed by atoms with E-state index in [9.17, 15) is 9.59 Å². The van der Waals surface area contributed by atoms with Crippen LogP contribution < -0.4 is 10.1 Å². The van der Waals surface area contributed by atoms with Gasteiger partial charge in [-0.1, -0.05) is 0 Å². The van der Waals surface area contributed by atoms with Gasteiger partial charge in [-0.2, -0.15) is 5.10 Å². The molecule has 3 N–H and O–H groups in total. The van der Waals surface area contributed by atoms with E-state index < -0.39 is 5.97 Å². The molecule has 0 atom stereocenters. The molecule has 1 aromatic carbocycles. The first-order chi connectivity index (χ1) is 14.9. The van der Waals surface area contributed by atoms with E-state index in [4.69, 9.17) is 14.2 Å². The molecule has 2 heterocycles. The fourth-order valence-electron chi connectivity index (χ4n) is 3.07. The maximum absolute atomic E-state index is 12.6. The molecule has 3 aromatic rings. The number of aromatic nitrogens is 4. The number of hydrogen-bond acceptors (Lipinski definition) is 7. The summed E-state index contributed by atoms with van der Waals surface area (Å²) in [5, 5.41) is 9.77. The molecule has 0 aliphatic heterocycles. The number of hydrogen-bond donors (Lipinski definition) is 3. The summed E-state index contributed by atoms with van der Waals surface area (Å²) in [6, 6.07) is 7.34. The maximum Gasteiger partial charge on any atom is 0.340 e. The Kier molecular flexibility index (Phi) is 7.03. The van der Waals surface area contributed by atoms with Crippen molar-refractivity contribution in [2.75, 3.05) is 27.4 Å². The lowest BCUT2D eigenvalue weighted by atomic mass is 10.1. The number of amides is 1. The largest absolute Gasteiger partial charge is 0.497 e. The quantitative estimate of drug-likeness (QED) is 0.352. The van der Waals surface area contributed by atoms with E-state index in [-0.39, 0.29) is 19.1 Å². The van der Waals surface area contributed by atoms with Gasteiger partial charge in [0.25, 0.3) is 5.91 Å². The highest BCUT2D eigenvalue weighted by Gasteiger charge is 2.23. The molecule has 164 valence electrons. The molecule has 31 heavy (non-hydrogen) atoms. The number of nitrogens with one attached hydrogen (secondary N) is 3. The van der Waals surface area contributed by atoms with Gasteiger partial charge in [0.05, 0.1) is 25.8 Å². The maximum atomic E-state index is 12.6. The van der Waals surface area contributed by atoms with E-state index >= 15 is 0 Å². The third-order valence-corrected chi connectivity index (χ3v) is 4.69. The number of esters is 1. The summed E-state index contributed by atoms with van der Waals surface area (Å²) < 4.78 is 15.2. The van der Waals surface area contributed by atoms with Gasteiger partial charge in [-0.15, -0.1) is 0 Å². The van der Waals surface area contributed by atoms with Crippen LogP contribution in [0.15, 0.2) is 24.3 Å². The average Bonchev–Trinajstić information content (AvgIpc) is 3.36. The van der Waals surface area contributed by atoms with E-state index in [0.29, 0.717) is 40.8 Å². The van der Waals surface area contributed by atoms with Crippen molar-refractivity contribution in [3.05, 3.63) is 52.6 Å². The van der Waals surface area contributed by atoms with Crippen molar-refractivity contribution >= 4 is 11.9 Å². The number of nitrogens with zero attached hydrogens (tertiary/aromatic N) is 2. The predicted octanol–water partition coefficient (Wildman–Crippen LogP) is 2.16. The number of aryl methyl sites for hydroxylation is 1. The van der Waals surface area contributed by atoms with Crippen molar-refractivity contribution in [3.63, 3.8) is 0 Å². The van der Waals surface area contributed by atoms with Crippen LogP contribution in [-0.2, 0) is 16.0 Å². The van der Waals surface area contributed by atoms with Crippen molar-refractivity contribution in [3.8, 4) is 17.1 Å². The molecular formula is C21H25N5O5. The minimum Gasteiger partial charge on any atom is -0.497 e. The number of ether oxygens (including phenoxy) is 3. The Balaban J connectivity index is 1.64. The summed E-state index contributed by atoms with van der Waals surface area (Å²) in [6.45, 7) is 4.00. The molecule has 10 nitrogen and oxygen atoms in total. The van der Waals surface area contributed by atoms with Crippen molar-refractivity contribution in [2.45, 2.75) is 20.4 Å². The van der Waals surface area contributed by atoms with Gasteiger partial charge in [0.15, 0.2) is 5.82 Å². The predicted molar refractivity (Wildman–Crippen MR) is 112 cm³/mol. The normalized spacial score (nSPS) is 10.7. The number of H-pyrrole nitrogens is 2. The Hall–Kier alpha value is -3.66. The summed E-state index contributed by atoms with van der Waals surface area (Å²) in [5.41, 5.74) is 2.55. The van der Waals surface area contributed by atoms with Gasteiger partial charge in [0.1, 0.15) is 23.9 Å². The van der Waals surface area contributed by atoms with Crippen molar-refractivity contribution < 1.29 is 23.8 Å². The zero-order valence-corrected chi connectivity index (χ0v) is 17.9. The lowest BCUT2D eigenvalue weighted by Gasteiger charge is -2.05. The highest BCUT2D eigenvalue weighted by atomic mass is 16.6. The van der Waals surface area contributed by atoms with Crippen LogP contribution in [0.3, 0.4) is 0 Å². The summed E-state index contributed by atoms with van der Waals surface area (Å²) in [7, 11) is 3.13. The lowest BCUT2D eigenvalue weighted by Crippen LogP contribution is -2.24. The van der Waals surface area contributed by atoms with Gasteiger partial charge in [-0.05, 0) is 43.7 Å². The van der Waals surface area contributed by atoms with Crippen LogP contribution in [0.2, 0.25) is 0 Å². The second-order valence-electron chi connectivity index (χ2n) is 6.77. The first kappa shape index (κ1) is 22.0. The van der Waals surface area contributed by atoms with E-state index in [1.54, 1.807) is 21.0 Å². The number of carbonyl (C=O) groups excluding carboxylic acids is 2. The molecule has 0 saturated carbocycles. The summed E-state index contributed by atoms with van der Waals surface area (Å²) in [4.78, 5) is 32.3. The van der Waals surface area contributed by atoms with E-state index in [1.165, 1.54) is 7.11 Å². The molecule has 0 fully saturated rings. The van der Waals surface area contributed by atoms with Gasteiger partial charge in [-0.25, -0.2) is 9.78 Å². The highest BCUT2D eigenvalue weighted by molar-refractivity contribution is 6.00. The Morgan fingerprint density at radius 3 is 2.52 bits per heavy atom. The third-order valence-electron chi connectivity index (χ3n) is 4.69. The summed E-state index contributed by atoms with van der Waals surface area (Å²) in [6.07, 6.45) is 0. The van der Waals surface area contributed by atoms with E-state index in [2.05, 4.69) is 25.5 Å². The first-order valence-electron chi connectivity index (χ1n) is 9.63. The number of aromatic amines is 2. The Morgan fingerprint density at radius 2 is 1.84 bits per heavy atom. The first-order valence-corrected chi connectivity index (χ1v) is 9.63. The SMILES string of the molecule is COCCOC(=O)c1c(C)[nH]c(C(=O)NCc2nc(-c3ccc(OC)cc3)n[nH]2)c1C. The van der Waals surface area contributed by atoms with Crippen molar-refractivity contribution in [1.29, 1.82) is 0 Å². The molecule has 2 aromatic heterocycles. The molecule has 10 heteroatoms. The topological polar surface area (TPSA) is 131 Å². The number of benzene rings is 1.